The Morgan fingerprint density at radius 3 is 2.05 bits per heavy atom. The number of allylic oxidation sites excluding steroid dienone is 8. The molecule has 8 rings (SSSR count). The van der Waals surface area contributed by atoms with Crippen molar-refractivity contribution in [1.29, 1.82) is 0 Å². The zero-order valence-corrected chi connectivity index (χ0v) is 23.3. The van der Waals surface area contributed by atoms with Gasteiger partial charge in [0.1, 0.15) is 0 Å². The van der Waals surface area contributed by atoms with Crippen LogP contribution in [0.1, 0.15) is 54.9 Å². The van der Waals surface area contributed by atoms with Gasteiger partial charge < -0.3 is 4.57 Å². The van der Waals surface area contributed by atoms with Crippen LogP contribution in [-0.2, 0) is 6.42 Å². The van der Waals surface area contributed by atoms with Crippen LogP contribution >= 0.6 is 0 Å². The fourth-order valence-electron chi connectivity index (χ4n) is 7.51. The number of rotatable bonds is 3. The maximum Gasteiger partial charge on any atom is 0.0541 e. The molecule has 1 aromatic heterocycles. The Morgan fingerprint density at radius 2 is 1.27 bits per heavy atom. The molecule has 0 saturated heterocycles. The molecule has 0 saturated carbocycles. The molecule has 0 N–H and O–H groups in total. The maximum atomic E-state index is 2.53. The van der Waals surface area contributed by atoms with Gasteiger partial charge in [-0.05, 0) is 103 Å². The molecule has 3 aliphatic rings. The normalized spacial score (nSPS) is 16.6. The van der Waals surface area contributed by atoms with Crippen molar-refractivity contribution in [3.63, 3.8) is 0 Å². The lowest BCUT2D eigenvalue weighted by atomic mass is 9.83. The fourth-order valence-corrected chi connectivity index (χ4v) is 7.51. The summed E-state index contributed by atoms with van der Waals surface area (Å²) < 4.78 is 2.53. The number of benzene rings is 4. The van der Waals surface area contributed by atoms with Gasteiger partial charge in [0.15, 0.2) is 0 Å². The van der Waals surface area contributed by atoms with E-state index in [2.05, 4.69) is 122 Å². The molecule has 5 aromatic rings. The average Bonchev–Trinajstić information content (AvgIpc) is 3.54. The molecule has 0 amide bonds. The Hall–Kier alpha value is -4.36. The molecule has 0 bridgehead atoms. The van der Waals surface area contributed by atoms with E-state index in [0.717, 1.165) is 32.1 Å². The Balaban J connectivity index is 1.33. The van der Waals surface area contributed by atoms with Gasteiger partial charge in [-0.25, -0.2) is 0 Å². The molecule has 0 unspecified atom stereocenters. The molecule has 194 valence electrons. The quantitative estimate of drug-likeness (QED) is 0.225. The van der Waals surface area contributed by atoms with Crippen molar-refractivity contribution in [3.05, 3.63) is 137 Å². The van der Waals surface area contributed by atoms with Crippen LogP contribution in [0.15, 0.2) is 114 Å². The third kappa shape index (κ3) is 3.40. The van der Waals surface area contributed by atoms with E-state index in [9.17, 15) is 0 Å². The molecular formula is C39H33N. The first-order valence-electron chi connectivity index (χ1n) is 14.7. The van der Waals surface area contributed by atoms with Crippen molar-refractivity contribution >= 4 is 38.6 Å². The summed E-state index contributed by atoms with van der Waals surface area (Å²) in [5.41, 5.74) is 18.2. The van der Waals surface area contributed by atoms with Gasteiger partial charge in [0.05, 0.1) is 16.7 Å². The van der Waals surface area contributed by atoms with Gasteiger partial charge in [-0.15, -0.1) is 0 Å². The molecule has 0 aliphatic heterocycles. The molecule has 1 heteroatoms. The predicted molar refractivity (Wildman–Crippen MR) is 171 cm³/mol. The van der Waals surface area contributed by atoms with Crippen molar-refractivity contribution in [2.24, 2.45) is 0 Å². The van der Waals surface area contributed by atoms with Crippen molar-refractivity contribution in [3.8, 4) is 11.1 Å². The number of hydrogen-bond acceptors (Lipinski definition) is 0. The summed E-state index contributed by atoms with van der Waals surface area (Å²) in [6, 6.07) is 31.6. The lowest BCUT2D eigenvalue weighted by Gasteiger charge is -2.22. The van der Waals surface area contributed by atoms with Crippen LogP contribution in [0.5, 0.6) is 0 Å². The first-order chi connectivity index (χ1) is 19.7. The number of aromatic nitrogens is 1. The molecule has 40 heavy (non-hydrogen) atoms. The highest BCUT2D eigenvalue weighted by atomic mass is 15.0. The second-order valence-corrected chi connectivity index (χ2v) is 11.6. The minimum atomic E-state index is 1.04. The van der Waals surface area contributed by atoms with Gasteiger partial charge in [0.25, 0.3) is 0 Å². The van der Waals surface area contributed by atoms with Crippen molar-refractivity contribution in [2.75, 3.05) is 0 Å². The van der Waals surface area contributed by atoms with Crippen molar-refractivity contribution in [1.82, 2.24) is 4.57 Å². The third-order valence-corrected chi connectivity index (χ3v) is 9.27. The summed E-state index contributed by atoms with van der Waals surface area (Å²) in [5, 5.41) is 2.65. The van der Waals surface area contributed by atoms with Crippen molar-refractivity contribution < 1.29 is 0 Å². The molecule has 4 aromatic carbocycles. The fraction of sp³-hybridized carbons (Fsp3) is 0.179. The lowest BCUT2D eigenvalue weighted by molar-refractivity contribution is 0.929. The van der Waals surface area contributed by atoms with Gasteiger partial charge in [-0.2, -0.15) is 0 Å². The van der Waals surface area contributed by atoms with Gasteiger partial charge in [0, 0.05) is 16.3 Å². The minimum absolute atomic E-state index is 1.04. The van der Waals surface area contributed by atoms with Crippen LogP contribution in [-0.4, -0.2) is 4.57 Å². The Kier molecular flexibility index (Phi) is 5.35. The standard InChI is InChI=1S/C39H33N/c1-25-12-3-4-15-28(25)38-26(2)13-9-19-32(38)29-18-11-20-33-34(29)24-27-14-10-23-37(39(27)33)40-35-21-7-5-16-30(35)31-17-6-8-22-36(31)40/h5-9,11-13,15-23H,3-4,10,14,24H2,1-2H3. The predicted octanol–water partition coefficient (Wildman–Crippen LogP) is 10.5. The molecular weight excluding hydrogens is 482 g/mol. The van der Waals surface area contributed by atoms with Crippen molar-refractivity contribution in [2.45, 2.75) is 46.0 Å². The topological polar surface area (TPSA) is 4.93 Å². The Labute approximate surface area is 236 Å². The van der Waals surface area contributed by atoms with Gasteiger partial charge in [0.2, 0.25) is 0 Å². The summed E-state index contributed by atoms with van der Waals surface area (Å²) in [4.78, 5) is 0. The monoisotopic (exact) mass is 515 g/mol. The van der Waals surface area contributed by atoms with E-state index in [1.165, 1.54) is 77.6 Å². The highest BCUT2D eigenvalue weighted by Crippen LogP contribution is 2.50. The first kappa shape index (κ1) is 23.5. The van der Waals surface area contributed by atoms with Crippen LogP contribution in [0, 0.1) is 6.92 Å². The van der Waals surface area contributed by atoms with Crippen LogP contribution in [0.2, 0.25) is 0 Å². The minimum Gasteiger partial charge on any atom is -0.309 e. The van der Waals surface area contributed by atoms with E-state index >= 15 is 0 Å². The molecule has 1 nitrogen and oxygen atoms in total. The van der Waals surface area contributed by atoms with E-state index in [0.29, 0.717) is 0 Å². The number of nitrogens with zero attached hydrogens (tertiary/aromatic N) is 1. The number of aryl methyl sites for hydroxylation is 1. The Bertz CT molecular complexity index is 1930. The van der Waals surface area contributed by atoms with E-state index in [-0.39, 0.29) is 0 Å². The summed E-state index contributed by atoms with van der Waals surface area (Å²) in [6.07, 6.45) is 12.9. The third-order valence-electron chi connectivity index (χ3n) is 9.27. The SMILES string of the molecule is CC1=CCCC=C1c1c(C)cccc1-c1cccc2c1CC1=C2C(n2c3ccccc3c3ccccc32)=CCC1. The number of hydrogen-bond donors (Lipinski definition) is 0. The molecule has 0 fully saturated rings. The maximum absolute atomic E-state index is 2.53. The second-order valence-electron chi connectivity index (χ2n) is 11.6. The molecule has 3 aliphatic carbocycles. The molecule has 0 atom stereocenters. The van der Waals surface area contributed by atoms with E-state index in [1.54, 1.807) is 5.57 Å². The van der Waals surface area contributed by atoms with Gasteiger partial charge in [-0.1, -0.05) is 96.6 Å². The summed E-state index contributed by atoms with van der Waals surface area (Å²) in [7, 11) is 0. The van der Waals surface area contributed by atoms with Crippen LogP contribution in [0.3, 0.4) is 0 Å². The highest BCUT2D eigenvalue weighted by molar-refractivity contribution is 6.15. The van der Waals surface area contributed by atoms with Crippen LogP contribution < -0.4 is 0 Å². The largest absolute Gasteiger partial charge is 0.309 e. The average molecular weight is 516 g/mol. The van der Waals surface area contributed by atoms with E-state index < -0.39 is 0 Å². The summed E-state index contributed by atoms with van der Waals surface area (Å²) >= 11 is 0. The second kappa shape index (κ2) is 9.10. The van der Waals surface area contributed by atoms with E-state index in [1.807, 2.05) is 0 Å². The van der Waals surface area contributed by atoms with Crippen LogP contribution in [0.25, 0.3) is 49.8 Å². The van der Waals surface area contributed by atoms with Crippen LogP contribution in [0.4, 0.5) is 0 Å². The lowest BCUT2D eigenvalue weighted by Crippen LogP contribution is -2.04. The summed E-state index contributed by atoms with van der Waals surface area (Å²) in [5.74, 6) is 0. The number of para-hydroxylation sites is 2. The summed E-state index contributed by atoms with van der Waals surface area (Å²) in [6.45, 7) is 4.55. The zero-order chi connectivity index (χ0) is 26.8. The molecule has 0 spiro atoms. The smallest absolute Gasteiger partial charge is 0.0541 e. The van der Waals surface area contributed by atoms with Gasteiger partial charge >= 0.3 is 0 Å². The van der Waals surface area contributed by atoms with E-state index in [4.69, 9.17) is 0 Å². The Morgan fingerprint density at radius 1 is 0.600 bits per heavy atom. The first-order valence-corrected chi connectivity index (χ1v) is 14.7. The number of fused-ring (bicyclic) bond motifs is 5. The van der Waals surface area contributed by atoms with Gasteiger partial charge in [-0.3, -0.25) is 0 Å². The molecule has 0 radical (unpaired) electrons. The highest BCUT2D eigenvalue weighted by Gasteiger charge is 2.31. The molecule has 1 heterocycles. The zero-order valence-electron chi connectivity index (χ0n) is 23.3.